The number of hydrogen-bond donors (Lipinski definition) is 4. The second kappa shape index (κ2) is 8.95. The Morgan fingerprint density at radius 2 is 1.50 bits per heavy atom. The minimum Gasteiger partial charge on any atom is -0.310 e. The number of rotatable bonds is 8. The summed E-state index contributed by atoms with van der Waals surface area (Å²) >= 11 is 8.57. The van der Waals surface area contributed by atoms with Gasteiger partial charge in [-0.3, -0.25) is 4.90 Å². The maximum Gasteiger partial charge on any atom is 0.0362 e. The van der Waals surface area contributed by atoms with Crippen molar-refractivity contribution in [2.24, 2.45) is 0 Å². The molecule has 2 unspecified atom stereocenters. The lowest BCUT2D eigenvalue weighted by Crippen LogP contribution is -2.48. The number of nitrogens with zero attached hydrogens (tertiary/aromatic N) is 1. The van der Waals surface area contributed by atoms with E-state index in [9.17, 15) is 0 Å². The standard InChI is InChI=1S/C15H25N3S2/c19-8-6-16-14-11-18(12-15(14)17-7-9-20)10-13-4-2-1-3-5-13/h1-5,14-17,19-20H,6-12H2. The van der Waals surface area contributed by atoms with Gasteiger partial charge in [-0.05, 0) is 5.56 Å². The van der Waals surface area contributed by atoms with Crippen LogP contribution in [0.4, 0.5) is 0 Å². The number of hydrogen-bond acceptors (Lipinski definition) is 5. The molecular formula is C15H25N3S2. The summed E-state index contributed by atoms with van der Waals surface area (Å²) in [5.41, 5.74) is 1.38. The van der Waals surface area contributed by atoms with E-state index in [0.717, 1.165) is 44.2 Å². The van der Waals surface area contributed by atoms with Gasteiger partial charge in [-0.2, -0.15) is 25.3 Å². The maximum atomic E-state index is 4.29. The minimum absolute atomic E-state index is 0.505. The Labute approximate surface area is 133 Å². The quantitative estimate of drug-likeness (QED) is 0.545. The highest BCUT2D eigenvalue weighted by Crippen LogP contribution is 2.14. The van der Waals surface area contributed by atoms with Crippen molar-refractivity contribution in [2.45, 2.75) is 18.6 Å². The van der Waals surface area contributed by atoms with E-state index in [-0.39, 0.29) is 0 Å². The summed E-state index contributed by atoms with van der Waals surface area (Å²) < 4.78 is 0. The summed E-state index contributed by atoms with van der Waals surface area (Å²) in [6.45, 7) is 5.14. The summed E-state index contributed by atoms with van der Waals surface area (Å²) in [5.74, 6) is 1.77. The van der Waals surface area contributed by atoms with E-state index in [0.29, 0.717) is 12.1 Å². The molecule has 1 aliphatic heterocycles. The van der Waals surface area contributed by atoms with Crippen molar-refractivity contribution in [1.82, 2.24) is 15.5 Å². The fraction of sp³-hybridized carbons (Fsp3) is 0.600. The van der Waals surface area contributed by atoms with Crippen molar-refractivity contribution >= 4 is 25.3 Å². The van der Waals surface area contributed by atoms with E-state index in [2.05, 4.69) is 71.1 Å². The van der Waals surface area contributed by atoms with Crippen molar-refractivity contribution in [2.75, 3.05) is 37.7 Å². The lowest BCUT2D eigenvalue weighted by molar-refractivity contribution is 0.317. The van der Waals surface area contributed by atoms with E-state index >= 15 is 0 Å². The molecule has 2 atom stereocenters. The van der Waals surface area contributed by atoms with Gasteiger partial charge in [-0.1, -0.05) is 30.3 Å². The average molecular weight is 312 g/mol. The molecule has 0 radical (unpaired) electrons. The van der Waals surface area contributed by atoms with Crippen LogP contribution in [0.2, 0.25) is 0 Å². The molecular weight excluding hydrogens is 286 g/mol. The zero-order valence-corrected chi connectivity index (χ0v) is 13.6. The molecule has 3 nitrogen and oxygen atoms in total. The van der Waals surface area contributed by atoms with Gasteiger partial charge in [0.15, 0.2) is 0 Å². The van der Waals surface area contributed by atoms with Crippen LogP contribution in [0, 0.1) is 0 Å². The first-order chi connectivity index (χ1) is 9.83. The smallest absolute Gasteiger partial charge is 0.0362 e. The molecule has 1 aromatic carbocycles. The maximum absolute atomic E-state index is 4.29. The number of thiol groups is 2. The summed E-state index contributed by atoms with van der Waals surface area (Å²) in [5, 5.41) is 7.20. The Hall–Kier alpha value is -0.200. The summed E-state index contributed by atoms with van der Waals surface area (Å²) in [7, 11) is 0. The van der Waals surface area contributed by atoms with Crippen LogP contribution in [0.1, 0.15) is 5.56 Å². The van der Waals surface area contributed by atoms with Crippen LogP contribution in [0.5, 0.6) is 0 Å². The first kappa shape index (κ1) is 16.2. The zero-order valence-electron chi connectivity index (χ0n) is 11.8. The van der Waals surface area contributed by atoms with E-state index < -0.39 is 0 Å². The van der Waals surface area contributed by atoms with Gasteiger partial charge in [0.2, 0.25) is 0 Å². The van der Waals surface area contributed by atoms with Gasteiger partial charge in [-0.15, -0.1) is 0 Å². The third-order valence-electron chi connectivity index (χ3n) is 3.68. The zero-order chi connectivity index (χ0) is 14.2. The van der Waals surface area contributed by atoms with Crippen LogP contribution in [0.15, 0.2) is 30.3 Å². The lowest BCUT2D eigenvalue weighted by Gasteiger charge is -2.20. The van der Waals surface area contributed by atoms with E-state index in [1.165, 1.54) is 5.56 Å². The predicted octanol–water partition coefficient (Wildman–Crippen LogP) is 1.28. The Morgan fingerprint density at radius 1 is 0.950 bits per heavy atom. The van der Waals surface area contributed by atoms with Crippen molar-refractivity contribution in [3.8, 4) is 0 Å². The van der Waals surface area contributed by atoms with Gasteiger partial charge >= 0.3 is 0 Å². The molecule has 2 N–H and O–H groups in total. The normalized spacial score (nSPS) is 23.3. The minimum atomic E-state index is 0.505. The Balaban J connectivity index is 1.88. The van der Waals surface area contributed by atoms with Crippen molar-refractivity contribution < 1.29 is 0 Å². The first-order valence-corrected chi connectivity index (χ1v) is 8.54. The highest BCUT2D eigenvalue weighted by atomic mass is 32.1. The second-order valence-electron chi connectivity index (χ2n) is 5.25. The molecule has 5 heteroatoms. The van der Waals surface area contributed by atoms with Gasteiger partial charge in [0.25, 0.3) is 0 Å². The van der Waals surface area contributed by atoms with Gasteiger partial charge in [0, 0.05) is 56.3 Å². The van der Waals surface area contributed by atoms with Crippen molar-refractivity contribution in [3.05, 3.63) is 35.9 Å². The van der Waals surface area contributed by atoms with E-state index in [4.69, 9.17) is 0 Å². The molecule has 0 aromatic heterocycles. The third-order valence-corrected chi connectivity index (χ3v) is 4.13. The van der Waals surface area contributed by atoms with Crippen molar-refractivity contribution in [1.29, 1.82) is 0 Å². The highest BCUT2D eigenvalue weighted by Gasteiger charge is 2.31. The average Bonchev–Trinajstić information content (AvgIpc) is 2.85. The topological polar surface area (TPSA) is 27.3 Å². The Morgan fingerprint density at radius 3 is 2.00 bits per heavy atom. The monoisotopic (exact) mass is 311 g/mol. The number of benzene rings is 1. The van der Waals surface area contributed by atoms with Crippen LogP contribution in [-0.2, 0) is 6.54 Å². The summed E-state index contributed by atoms with van der Waals surface area (Å²) in [6, 6.07) is 11.7. The van der Waals surface area contributed by atoms with Crippen LogP contribution in [-0.4, -0.2) is 54.7 Å². The largest absolute Gasteiger partial charge is 0.310 e. The molecule has 112 valence electrons. The molecule has 0 spiro atoms. The van der Waals surface area contributed by atoms with Gasteiger partial charge < -0.3 is 10.6 Å². The summed E-state index contributed by atoms with van der Waals surface area (Å²) in [6.07, 6.45) is 0. The molecule has 1 aromatic rings. The molecule has 1 fully saturated rings. The first-order valence-electron chi connectivity index (χ1n) is 7.28. The Kier molecular flexibility index (Phi) is 7.24. The second-order valence-corrected chi connectivity index (χ2v) is 6.14. The Bertz CT molecular complexity index is 359. The van der Waals surface area contributed by atoms with E-state index in [1.807, 2.05) is 0 Å². The van der Waals surface area contributed by atoms with Crippen LogP contribution < -0.4 is 10.6 Å². The molecule has 0 amide bonds. The number of likely N-dealkylation sites (tertiary alicyclic amines) is 1. The van der Waals surface area contributed by atoms with Gasteiger partial charge in [0.1, 0.15) is 0 Å². The lowest BCUT2D eigenvalue weighted by atomic mass is 10.2. The molecule has 0 saturated carbocycles. The van der Waals surface area contributed by atoms with Crippen LogP contribution in [0.3, 0.4) is 0 Å². The summed E-state index contributed by atoms with van der Waals surface area (Å²) in [4.78, 5) is 2.52. The fourth-order valence-corrected chi connectivity index (χ4v) is 3.03. The SMILES string of the molecule is SCCNC1CN(Cc2ccccc2)CC1NCCS. The van der Waals surface area contributed by atoms with Crippen molar-refractivity contribution in [3.63, 3.8) is 0 Å². The third kappa shape index (κ3) is 4.97. The number of nitrogens with one attached hydrogen (secondary N) is 2. The van der Waals surface area contributed by atoms with Crippen LogP contribution in [0.25, 0.3) is 0 Å². The molecule has 0 bridgehead atoms. The molecule has 1 heterocycles. The van der Waals surface area contributed by atoms with Crippen LogP contribution >= 0.6 is 25.3 Å². The van der Waals surface area contributed by atoms with Gasteiger partial charge in [0.05, 0.1) is 0 Å². The molecule has 2 rings (SSSR count). The molecule has 1 saturated heterocycles. The van der Waals surface area contributed by atoms with E-state index in [1.54, 1.807) is 0 Å². The van der Waals surface area contributed by atoms with Gasteiger partial charge in [-0.25, -0.2) is 0 Å². The predicted molar refractivity (Wildman–Crippen MR) is 93.0 cm³/mol. The fourth-order valence-electron chi connectivity index (χ4n) is 2.77. The molecule has 20 heavy (non-hydrogen) atoms. The molecule has 0 aliphatic carbocycles. The highest BCUT2D eigenvalue weighted by molar-refractivity contribution is 7.80. The molecule has 1 aliphatic rings.